The highest BCUT2D eigenvalue weighted by Gasteiger charge is 2.56. The van der Waals surface area contributed by atoms with Gasteiger partial charge >= 0.3 is 0 Å². The molecule has 6 aromatic carbocycles. The molecule has 0 aliphatic carbocycles. The van der Waals surface area contributed by atoms with Crippen molar-refractivity contribution in [1.29, 1.82) is 0 Å². The van der Waals surface area contributed by atoms with Crippen LogP contribution in [-0.4, -0.2) is 16.7 Å². The maximum absolute atomic E-state index is 15.6. The number of amides is 2. The summed E-state index contributed by atoms with van der Waals surface area (Å²) in [5.74, 6) is -0.300. The minimum atomic E-state index is -1.66. The van der Waals surface area contributed by atoms with Crippen molar-refractivity contribution in [2.24, 2.45) is 0 Å². The van der Waals surface area contributed by atoms with Gasteiger partial charge in [0.2, 0.25) is 5.72 Å². The second kappa shape index (κ2) is 12.9. The molecule has 0 saturated carbocycles. The molecule has 0 bridgehead atoms. The summed E-state index contributed by atoms with van der Waals surface area (Å²) >= 11 is 0. The Morgan fingerprint density at radius 1 is 0.686 bits per heavy atom. The van der Waals surface area contributed by atoms with E-state index in [0.29, 0.717) is 45.0 Å². The Kier molecular flexibility index (Phi) is 7.96. The molecule has 2 aliphatic heterocycles. The number of fused-ring (bicyclic) bond motifs is 3. The Labute approximate surface area is 294 Å². The van der Waals surface area contributed by atoms with E-state index in [4.69, 9.17) is 4.74 Å². The first kappa shape index (κ1) is 31.5. The molecular weight excluding hydrogens is 638 g/mol. The molecular formula is C43H31N3O5. The molecule has 6 aromatic rings. The van der Waals surface area contributed by atoms with Crippen LogP contribution in [0.1, 0.15) is 45.1 Å². The Balaban J connectivity index is 1.48. The minimum absolute atomic E-state index is 0.0373. The molecule has 0 saturated heterocycles. The van der Waals surface area contributed by atoms with Gasteiger partial charge in [0.25, 0.3) is 17.5 Å². The van der Waals surface area contributed by atoms with E-state index in [1.807, 2.05) is 127 Å². The zero-order chi connectivity index (χ0) is 35.0. The van der Waals surface area contributed by atoms with E-state index in [9.17, 15) is 14.9 Å². The molecule has 0 radical (unpaired) electrons. The van der Waals surface area contributed by atoms with Gasteiger partial charge < -0.3 is 4.74 Å². The third-order valence-corrected chi connectivity index (χ3v) is 9.47. The summed E-state index contributed by atoms with van der Waals surface area (Å²) in [7, 11) is 0. The molecule has 0 unspecified atom stereocenters. The number of nitro benzene ring substituents is 1. The molecule has 248 valence electrons. The average Bonchev–Trinajstić information content (AvgIpc) is 3.32. The fraction of sp³-hybridized carbons (Fsp3) is 0.0698. The zero-order valence-corrected chi connectivity index (χ0v) is 27.3. The van der Waals surface area contributed by atoms with Crippen LogP contribution in [-0.2, 0) is 15.3 Å². The van der Waals surface area contributed by atoms with Crippen molar-refractivity contribution in [3.05, 3.63) is 208 Å². The number of ether oxygens (including phenoxy) is 1. The standard InChI is InChI=1S/C43H31N3O5/c47-41(33-22-11-4-12-23-33)44-36-26-13-14-27-37(36)45-42(48)39(31-18-7-2-8-19-31)40(32-20-9-3-10-21-32)51-43(45,29-38(44)30-16-5-1-6-17-30)34-24-15-25-35(28-34)46(49)50/h1-28,38H,29H2/t38-,43+/m1/s1. The fourth-order valence-electron chi connectivity index (χ4n) is 7.19. The van der Waals surface area contributed by atoms with Gasteiger partial charge in [0.15, 0.2) is 0 Å². The average molecular weight is 670 g/mol. The maximum Gasteiger partial charge on any atom is 0.269 e. The van der Waals surface area contributed by atoms with E-state index in [1.54, 1.807) is 40.1 Å². The van der Waals surface area contributed by atoms with Gasteiger partial charge in [-0.2, -0.15) is 0 Å². The van der Waals surface area contributed by atoms with Gasteiger partial charge in [0.1, 0.15) is 5.76 Å². The van der Waals surface area contributed by atoms with E-state index in [1.165, 1.54) is 12.1 Å². The van der Waals surface area contributed by atoms with Crippen LogP contribution >= 0.6 is 0 Å². The molecule has 0 aromatic heterocycles. The van der Waals surface area contributed by atoms with Gasteiger partial charge in [-0.05, 0) is 35.4 Å². The van der Waals surface area contributed by atoms with Crippen molar-refractivity contribution in [3.8, 4) is 0 Å². The van der Waals surface area contributed by atoms with Crippen molar-refractivity contribution in [3.63, 3.8) is 0 Å². The van der Waals surface area contributed by atoms with Gasteiger partial charge in [0, 0.05) is 35.2 Å². The van der Waals surface area contributed by atoms with Crippen molar-refractivity contribution in [2.75, 3.05) is 9.80 Å². The van der Waals surface area contributed by atoms with Gasteiger partial charge in [0.05, 0.1) is 27.9 Å². The minimum Gasteiger partial charge on any atom is -0.462 e. The highest BCUT2D eigenvalue weighted by atomic mass is 16.6. The summed E-state index contributed by atoms with van der Waals surface area (Å²) in [6.45, 7) is 0. The van der Waals surface area contributed by atoms with Crippen LogP contribution < -0.4 is 9.80 Å². The molecule has 8 rings (SSSR count). The summed E-state index contributed by atoms with van der Waals surface area (Å²) in [6, 6.07) is 50.2. The number of non-ortho nitro benzene ring substituents is 1. The Hall–Kier alpha value is -6.80. The number of carbonyl (C=O) groups is 2. The molecule has 2 heterocycles. The number of carbonyl (C=O) groups excluding carboxylic acids is 2. The van der Waals surface area contributed by atoms with Crippen LogP contribution in [0.5, 0.6) is 0 Å². The Morgan fingerprint density at radius 2 is 1.25 bits per heavy atom. The van der Waals surface area contributed by atoms with Crippen LogP contribution in [0.2, 0.25) is 0 Å². The van der Waals surface area contributed by atoms with Crippen molar-refractivity contribution >= 4 is 40.2 Å². The molecule has 8 heteroatoms. The van der Waals surface area contributed by atoms with Crippen LogP contribution in [0.3, 0.4) is 0 Å². The molecule has 51 heavy (non-hydrogen) atoms. The van der Waals surface area contributed by atoms with Gasteiger partial charge in [-0.3, -0.25) is 29.5 Å². The summed E-state index contributed by atoms with van der Waals surface area (Å²) in [4.78, 5) is 45.6. The third-order valence-electron chi connectivity index (χ3n) is 9.47. The number of anilines is 2. The summed E-state index contributed by atoms with van der Waals surface area (Å²) in [5, 5.41) is 12.3. The number of para-hydroxylation sites is 2. The highest BCUT2D eigenvalue weighted by Crippen LogP contribution is 2.56. The van der Waals surface area contributed by atoms with Crippen LogP contribution in [0.25, 0.3) is 11.3 Å². The Bertz CT molecular complexity index is 2290. The summed E-state index contributed by atoms with van der Waals surface area (Å²) in [6.07, 6.45) is 0.0373. The predicted octanol–water partition coefficient (Wildman–Crippen LogP) is 9.17. The smallest absolute Gasteiger partial charge is 0.269 e. The number of rotatable bonds is 6. The first-order valence-corrected chi connectivity index (χ1v) is 16.6. The zero-order valence-electron chi connectivity index (χ0n) is 27.3. The van der Waals surface area contributed by atoms with E-state index in [0.717, 1.165) is 5.56 Å². The number of hydrogen-bond donors (Lipinski definition) is 0. The predicted molar refractivity (Wildman–Crippen MR) is 197 cm³/mol. The number of nitrogens with zero attached hydrogens (tertiary/aromatic N) is 3. The maximum atomic E-state index is 15.6. The quantitative estimate of drug-likeness (QED) is 0.130. The molecule has 2 aliphatic rings. The van der Waals surface area contributed by atoms with Crippen molar-refractivity contribution in [2.45, 2.75) is 18.2 Å². The van der Waals surface area contributed by atoms with Gasteiger partial charge in [-0.1, -0.05) is 133 Å². The summed E-state index contributed by atoms with van der Waals surface area (Å²) in [5.41, 5.74) is 2.44. The lowest BCUT2D eigenvalue weighted by molar-refractivity contribution is -0.385. The Morgan fingerprint density at radius 3 is 1.90 bits per heavy atom. The first-order chi connectivity index (χ1) is 25.0. The molecule has 2 amide bonds. The second-order valence-electron chi connectivity index (χ2n) is 12.4. The summed E-state index contributed by atoms with van der Waals surface area (Å²) < 4.78 is 7.37. The monoisotopic (exact) mass is 669 g/mol. The van der Waals surface area contributed by atoms with Gasteiger partial charge in [-0.15, -0.1) is 0 Å². The molecule has 0 fully saturated rings. The molecule has 8 nitrogen and oxygen atoms in total. The fourth-order valence-corrected chi connectivity index (χ4v) is 7.19. The number of nitro groups is 1. The van der Waals surface area contributed by atoms with Crippen LogP contribution in [0, 0.1) is 10.1 Å². The largest absolute Gasteiger partial charge is 0.462 e. The van der Waals surface area contributed by atoms with E-state index >= 15 is 4.79 Å². The third kappa shape index (κ3) is 5.43. The number of benzene rings is 6. The highest BCUT2D eigenvalue weighted by molar-refractivity contribution is 6.33. The first-order valence-electron chi connectivity index (χ1n) is 16.6. The van der Waals surface area contributed by atoms with Crippen molar-refractivity contribution in [1.82, 2.24) is 0 Å². The second-order valence-corrected chi connectivity index (χ2v) is 12.4. The van der Waals surface area contributed by atoms with Crippen LogP contribution in [0.15, 0.2) is 170 Å². The van der Waals surface area contributed by atoms with Gasteiger partial charge in [-0.25, -0.2) is 0 Å². The van der Waals surface area contributed by atoms with E-state index < -0.39 is 16.7 Å². The number of hydrogen-bond acceptors (Lipinski definition) is 5. The lowest BCUT2D eigenvalue weighted by atomic mass is 9.86. The normalized spacial score (nSPS) is 18.3. The molecule has 0 N–H and O–H groups in total. The van der Waals surface area contributed by atoms with E-state index in [-0.39, 0.29) is 23.9 Å². The lowest BCUT2D eigenvalue weighted by Gasteiger charge is -2.48. The molecule has 2 atom stereocenters. The van der Waals surface area contributed by atoms with Crippen LogP contribution in [0.4, 0.5) is 17.1 Å². The lowest BCUT2D eigenvalue weighted by Crippen LogP contribution is -2.55. The SMILES string of the molecule is O=C(c1ccccc1)N1c2ccccc2N2C(=O)C(c3ccccc3)=C(c3ccccc3)O[C@]2(c2cccc([N+](=O)[O-])c2)C[C@@H]1c1ccccc1. The van der Waals surface area contributed by atoms with E-state index in [2.05, 4.69) is 0 Å². The molecule has 0 spiro atoms. The van der Waals surface area contributed by atoms with Crippen molar-refractivity contribution < 1.29 is 19.2 Å². The topological polar surface area (TPSA) is 93.0 Å².